The summed E-state index contributed by atoms with van der Waals surface area (Å²) < 4.78 is 0. The van der Waals surface area contributed by atoms with Crippen molar-refractivity contribution in [2.24, 2.45) is 0 Å². The first-order valence-corrected chi connectivity index (χ1v) is 5.59. The van der Waals surface area contributed by atoms with Crippen molar-refractivity contribution in [3.05, 3.63) is 54.3 Å². The number of amides is 1. The van der Waals surface area contributed by atoms with Crippen LogP contribution in [0, 0.1) is 0 Å². The van der Waals surface area contributed by atoms with Crippen molar-refractivity contribution in [1.82, 2.24) is 15.0 Å². The molecule has 0 radical (unpaired) electrons. The molecule has 0 bridgehead atoms. The van der Waals surface area contributed by atoms with Crippen LogP contribution >= 0.6 is 0 Å². The smallest absolute Gasteiger partial charge is 0.328 e. The molecular formula is C13H10N4O3. The molecule has 0 saturated heterocycles. The van der Waals surface area contributed by atoms with Crippen LogP contribution in [0.4, 0.5) is 5.82 Å². The number of aliphatic carboxylic acids is 1. The van der Waals surface area contributed by atoms with E-state index in [1.165, 1.54) is 43.1 Å². The summed E-state index contributed by atoms with van der Waals surface area (Å²) in [6, 6.07) is 1.49. The number of anilines is 1. The highest BCUT2D eigenvalue weighted by molar-refractivity contribution is 6.06. The molecule has 100 valence electrons. The lowest BCUT2D eigenvalue weighted by atomic mass is 10.1. The number of carboxylic acid groups (broad SMARTS) is 1. The van der Waals surface area contributed by atoms with E-state index in [2.05, 4.69) is 20.3 Å². The number of aromatic nitrogens is 3. The first-order chi connectivity index (χ1) is 9.66. The summed E-state index contributed by atoms with van der Waals surface area (Å²) in [6.45, 7) is 0. The molecule has 2 N–H and O–H groups in total. The summed E-state index contributed by atoms with van der Waals surface area (Å²) in [5, 5.41) is 11.2. The fourth-order valence-corrected chi connectivity index (χ4v) is 1.45. The molecule has 0 aromatic carbocycles. The van der Waals surface area contributed by atoms with E-state index < -0.39 is 11.9 Å². The van der Waals surface area contributed by atoms with E-state index in [1.54, 1.807) is 0 Å². The van der Waals surface area contributed by atoms with E-state index >= 15 is 0 Å². The van der Waals surface area contributed by atoms with E-state index in [-0.39, 0.29) is 0 Å². The lowest BCUT2D eigenvalue weighted by Gasteiger charge is -2.06. The van der Waals surface area contributed by atoms with Crippen LogP contribution in [0.5, 0.6) is 0 Å². The minimum Gasteiger partial charge on any atom is -0.478 e. The zero-order chi connectivity index (χ0) is 14.4. The third kappa shape index (κ3) is 3.45. The van der Waals surface area contributed by atoms with Gasteiger partial charge in [-0.05, 0) is 12.1 Å². The molecule has 0 aliphatic rings. The van der Waals surface area contributed by atoms with Gasteiger partial charge in [-0.3, -0.25) is 14.8 Å². The van der Waals surface area contributed by atoms with Crippen LogP contribution in [0.3, 0.4) is 0 Å². The molecule has 1 amide bonds. The van der Waals surface area contributed by atoms with Gasteiger partial charge in [0.05, 0.1) is 11.8 Å². The maximum absolute atomic E-state index is 12.1. The number of nitrogens with one attached hydrogen (secondary N) is 1. The highest BCUT2D eigenvalue weighted by atomic mass is 16.4. The molecule has 0 saturated carbocycles. The third-order valence-corrected chi connectivity index (χ3v) is 2.31. The molecule has 0 atom stereocenters. The Bertz CT molecular complexity index is 656. The van der Waals surface area contributed by atoms with Gasteiger partial charge < -0.3 is 10.4 Å². The van der Waals surface area contributed by atoms with Crippen molar-refractivity contribution in [3.8, 4) is 0 Å². The zero-order valence-corrected chi connectivity index (χ0v) is 10.2. The Hall–Kier alpha value is -3.09. The van der Waals surface area contributed by atoms with Crippen molar-refractivity contribution in [1.29, 1.82) is 0 Å². The molecular weight excluding hydrogens is 260 g/mol. The molecule has 2 heterocycles. The Labute approximate surface area is 114 Å². The SMILES string of the molecule is O=C(O)C=Cc1cnccc1C(=O)Nc1cnccn1. The fourth-order valence-electron chi connectivity index (χ4n) is 1.45. The Morgan fingerprint density at radius 2 is 1.95 bits per heavy atom. The van der Waals surface area contributed by atoms with Gasteiger partial charge in [-0.2, -0.15) is 0 Å². The molecule has 7 nitrogen and oxygen atoms in total. The summed E-state index contributed by atoms with van der Waals surface area (Å²) in [5.74, 6) is -1.21. The summed E-state index contributed by atoms with van der Waals surface area (Å²) in [4.78, 5) is 34.2. The number of nitrogens with zero attached hydrogens (tertiary/aromatic N) is 3. The first-order valence-electron chi connectivity index (χ1n) is 5.59. The zero-order valence-electron chi connectivity index (χ0n) is 10.2. The van der Waals surface area contributed by atoms with Gasteiger partial charge >= 0.3 is 5.97 Å². The molecule has 0 unspecified atom stereocenters. The van der Waals surface area contributed by atoms with Gasteiger partial charge in [-0.1, -0.05) is 0 Å². The number of carboxylic acids is 1. The Morgan fingerprint density at radius 3 is 2.65 bits per heavy atom. The Balaban J connectivity index is 2.24. The van der Waals surface area contributed by atoms with E-state index in [9.17, 15) is 9.59 Å². The number of hydrogen-bond donors (Lipinski definition) is 2. The van der Waals surface area contributed by atoms with E-state index in [1.807, 2.05) is 0 Å². The standard InChI is InChI=1S/C13H10N4O3/c18-12(19)2-1-9-7-14-4-3-10(9)13(20)17-11-8-15-5-6-16-11/h1-8H,(H,18,19)(H,16,17,20). The molecule has 20 heavy (non-hydrogen) atoms. The second kappa shape index (κ2) is 6.19. The Morgan fingerprint density at radius 1 is 1.15 bits per heavy atom. The highest BCUT2D eigenvalue weighted by Crippen LogP contribution is 2.11. The summed E-state index contributed by atoms with van der Waals surface area (Å²) in [6.07, 6.45) is 9.45. The van der Waals surface area contributed by atoms with Gasteiger partial charge in [0, 0.05) is 36.4 Å². The molecule has 2 rings (SSSR count). The van der Waals surface area contributed by atoms with Gasteiger partial charge in [0.1, 0.15) is 0 Å². The molecule has 7 heteroatoms. The van der Waals surface area contributed by atoms with E-state index in [0.717, 1.165) is 6.08 Å². The second-order valence-electron chi connectivity index (χ2n) is 3.68. The summed E-state index contributed by atoms with van der Waals surface area (Å²) in [5.41, 5.74) is 0.694. The third-order valence-electron chi connectivity index (χ3n) is 2.31. The van der Waals surface area contributed by atoms with Crippen LogP contribution in [0.15, 0.2) is 43.1 Å². The maximum atomic E-state index is 12.1. The topological polar surface area (TPSA) is 105 Å². The minimum absolute atomic E-state index is 0.295. The van der Waals surface area contributed by atoms with Gasteiger partial charge in [0.25, 0.3) is 5.91 Å². The maximum Gasteiger partial charge on any atom is 0.328 e. The van der Waals surface area contributed by atoms with Crippen molar-refractivity contribution in [2.45, 2.75) is 0 Å². The van der Waals surface area contributed by atoms with Crippen LogP contribution in [0.25, 0.3) is 6.08 Å². The lowest BCUT2D eigenvalue weighted by molar-refractivity contribution is -0.131. The molecule has 0 aliphatic heterocycles. The van der Waals surface area contributed by atoms with Crippen LogP contribution in [0.1, 0.15) is 15.9 Å². The predicted molar refractivity (Wildman–Crippen MR) is 70.9 cm³/mol. The van der Waals surface area contributed by atoms with Gasteiger partial charge in [-0.25, -0.2) is 9.78 Å². The molecule has 0 spiro atoms. The first kappa shape index (κ1) is 13.3. The molecule has 2 aromatic heterocycles. The van der Waals surface area contributed by atoms with Crippen LogP contribution in [0.2, 0.25) is 0 Å². The molecule has 2 aromatic rings. The van der Waals surface area contributed by atoms with E-state index in [4.69, 9.17) is 5.11 Å². The lowest BCUT2D eigenvalue weighted by Crippen LogP contribution is -2.14. The fraction of sp³-hybridized carbons (Fsp3) is 0. The monoisotopic (exact) mass is 270 g/mol. The van der Waals surface area contributed by atoms with Crippen molar-refractivity contribution in [3.63, 3.8) is 0 Å². The second-order valence-corrected chi connectivity index (χ2v) is 3.68. The summed E-state index contributed by atoms with van der Waals surface area (Å²) >= 11 is 0. The van der Waals surface area contributed by atoms with Crippen LogP contribution < -0.4 is 5.32 Å². The predicted octanol–water partition coefficient (Wildman–Crippen LogP) is 1.22. The van der Waals surface area contributed by atoms with Crippen molar-refractivity contribution >= 4 is 23.8 Å². The number of hydrogen-bond acceptors (Lipinski definition) is 5. The summed E-state index contributed by atoms with van der Waals surface area (Å²) in [7, 11) is 0. The Kier molecular flexibility index (Phi) is 4.13. The van der Waals surface area contributed by atoms with Gasteiger partial charge in [0.2, 0.25) is 0 Å². The van der Waals surface area contributed by atoms with Crippen molar-refractivity contribution in [2.75, 3.05) is 5.32 Å². The normalized spacial score (nSPS) is 10.4. The minimum atomic E-state index is -1.10. The van der Waals surface area contributed by atoms with Gasteiger partial charge in [0.15, 0.2) is 5.82 Å². The van der Waals surface area contributed by atoms with Crippen LogP contribution in [-0.4, -0.2) is 31.9 Å². The average molecular weight is 270 g/mol. The van der Waals surface area contributed by atoms with Crippen LogP contribution in [-0.2, 0) is 4.79 Å². The van der Waals surface area contributed by atoms with Crippen molar-refractivity contribution < 1.29 is 14.7 Å². The largest absolute Gasteiger partial charge is 0.478 e. The molecule has 0 fully saturated rings. The highest BCUT2D eigenvalue weighted by Gasteiger charge is 2.10. The van der Waals surface area contributed by atoms with E-state index in [0.29, 0.717) is 16.9 Å². The number of pyridine rings is 1. The number of carbonyl (C=O) groups is 2. The quantitative estimate of drug-likeness (QED) is 0.809. The number of carbonyl (C=O) groups excluding carboxylic acids is 1. The van der Waals surface area contributed by atoms with Gasteiger partial charge in [-0.15, -0.1) is 0 Å². The number of rotatable bonds is 4. The average Bonchev–Trinajstić information content (AvgIpc) is 2.46. The molecule has 0 aliphatic carbocycles.